The van der Waals surface area contributed by atoms with E-state index in [0.717, 1.165) is 29.7 Å². The summed E-state index contributed by atoms with van der Waals surface area (Å²) in [5.41, 5.74) is 2.61. The second-order valence-corrected chi connectivity index (χ2v) is 5.87. The molecule has 3 rings (SSSR count). The normalized spacial score (nSPS) is 17.4. The molecule has 1 N–H and O–H groups in total. The highest BCUT2D eigenvalue weighted by atomic mass is 79.9. The van der Waals surface area contributed by atoms with Crippen molar-refractivity contribution in [3.63, 3.8) is 0 Å². The number of halogens is 1. The van der Waals surface area contributed by atoms with Crippen LogP contribution in [0.2, 0.25) is 0 Å². The predicted octanol–water partition coefficient (Wildman–Crippen LogP) is 1.66. The Labute approximate surface area is 115 Å². The summed E-state index contributed by atoms with van der Waals surface area (Å²) in [6.45, 7) is 2.01. The van der Waals surface area contributed by atoms with E-state index < -0.39 is 0 Å². The standard InChI is InChI=1S/C13H15BrN4/c1-18-7-12(16-17-18)6-13(8-15-9-13)10-2-4-11(14)5-3-10/h2-5,7,15H,6,8-9H2,1H3. The van der Waals surface area contributed by atoms with E-state index in [1.54, 1.807) is 4.68 Å². The predicted molar refractivity (Wildman–Crippen MR) is 73.4 cm³/mol. The quantitative estimate of drug-likeness (QED) is 0.938. The molecule has 1 aliphatic rings. The number of aryl methyl sites for hydroxylation is 1. The van der Waals surface area contributed by atoms with Crippen molar-refractivity contribution in [2.75, 3.05) is 13.1 Å². The lowest BCUT2D eigenvalue weighted by atomic mass is 9.72. The van der Waals surface area contributed by atoms with Gasteiger partial charge in [0.1, 0.15) is 0 Å². The fourth-order valence-corrected chi connectivity index (χ4v) is 2.75. The van der Waals surface area contributed by atoms with E-state index in [2.05, 4.69) is 55.8 Å². The van der Waals surface area contributed by atoms with Crippen LogP contribution in [0.5, 0.6) is 0 Å². The van der Waals surface area contributed by atoms with Crippen LogP contribution in [0.4, 0.5) is 0 Å². The van der Waals surface area contributed by atoms with Crippen LogP contribution in [-0.4, -0.2) is 28.1 Å². The van der Waals surface area contributed by atoms with E-state index in [1.807, 2.05) is 13.2 Å². The fraction of sp³-hybridized carbons (Fsp3) is 0.385. The molecule has 94 valence electrons. The van der Waals surface area contributed by atoms with Crippen molar-refractivity contribution in [1.29, 1.82) is 0 Å². The molecule has 18 heavy (non-hydrogen) atoms. The van der Waals surface area contributed by atoms with E-state index >= 15 is 0 Å². The second-order valence-electron chi connectivity index (χ2n) is 4.95. The van der Waals surface area contributed by atoms with Crippen LogP contribution < -0.4 is 5.32 Å². The molecule has 2 heterocycles. The van der Waals surface area contributed by atoms with Gasteiger partial charge in [-0.05, 0) is 17.7 Å². The van der Waals surface area contributed by atoms with Crippen molar-refractivity contribution in [2.45, 2.75) is 11.8 Å². The average molecular weight is 307 g/mol. The van der Waals surface area contributed by atoms with Crippen LogP contribution in [0, 0.1) is 0 Å². The molecule has 1 aliphatic heterocycles. The molecule has 0 atom stereocenters. The second kappa shape index (κ2) is 4.48. The van der Waals surface area contributed by atoms with Gasteiger partial charge in [-0.25, -0.2) is 0 Å². The van der Waals surface area contributed by atoms with Crippen LogP contribution in [0.3, 0.4) is 0 Å². The summed E-state index contributed by atoms with van der Waals surface area (Å²) < 4.78 is 2.88. The molecule has 4 nitrogen and oxygen atoms in total. The minimum absolute atomic E-state index is 0.177. The average Bonchev–Trinajstić information content (AvgIpc) is 2.71. The monoisotopic (exact) mass is 306 g/mol. The summed E-state index contributed by atoms with van der Waals surface area (Å²) >= 11 is 3.48. The largest absolute Gasteiger partial charge is 0.315 e. The Morgan fingerprint density at radius 2 is 2.06 bits per heavy atom. The Kier molecular flexibility index (Phi) is 2.95. The minimum atomic E-state index is 0.177. The van der Waals surface area contributed by atoms with E-state index in [0.29, 0.717) is 0 Å². The highest BCUT2D eigenvalue weighted by molar-refractivity contribution is 9.10. The SMILES string of the molecule is Cn1cc(CC2(c3ccc(Br)cc3)CNC2)nn1. The zero-order valence-electron chi connectivity index (χ0n) is 10.2. The van der Waals surface area contributed by atoms with Gasteiger partial charge < -0.3 is 5.32 Å². The van der Waals surface area contributed by atoms with Crippen LogP contribution >= 0.6 is 15.9 Å². The zero-order valence-corrected chi connectivity index (χ0v) is 11.8. The van der Waals surface area contributed by atoms with Gasteiger partial charge in [-0.3, -0.25) is 4.68 Å². The number of benzene rings is 1. The lowest BCUT2D eigenvalue weighted by Gasteiger charge is -2.43. The first kappa shape index (κ1) is 11.9. The van der Waals surface area contributed by atoms with Gasteiger partial charge in [0.15, 0.2) is 0 Å². The van der Waals surface area contributed by atoms with Gasteiger partial charge in [-0.2, -0.15) is 0 Å². The van der Waals surface area contributed by atoms with E-state index in [1.165, 1.54) is 5.56 Å². The van der Waals surface area contributed by atoms with E-state index in [9.17, 15) is 0 Å². The molecule has 0 spiro atoms. The Bertz CT molecular complexity index is 542. The first-order chi connectivity index (χ1) is 8.68. The van der Waals surface area contributed by atoms with Crippen molar-refractivity contribution in [2.24, 2.45) is 7.05 Å². The maximum atomic E-state index is 4.20. The summed E-state index contributed by atoms with van der Waals surface area (Å²) in [7, 11) is 1.90. The maximum absolute atomic E-state index is 4.20. The smallest absolute Gasteiger partial charge is 0.0836 e. The lowest BCUT2D eigenvalue weighted by molar-refractivity contribution is 0.272. The molecule has 0 radical (unpaired) electrons. The molecular weight excluding hydrogens is 292 g/mol. The van der Waals surface area contributed by atoms with Gasteiger partial charge in [0.2, 0.25) is 0 Å². The fourth-order valence-electron chi connectivity index (χ4n) is 2.48. The topological polar surface area (TPSA) is 42.7 Å². The third-order valence-corrected chi connectivity index (χ3v) is 4.08. The van der Waals surface area contributed by atoms with Crippen molar-refractivity contribution in [3.8, 4) is 0 Å². The molecule has 0 aliphatic carbocycles. The van der Waals surface area contributed by atoms with Crippen LogP contribution in [-0.2, 0) is 18.9 Å². The number of rotatable bonds is 3. The van der Waals surface area contributed by atoms with Gasteiger partial charge in [-0.15, -0.1) is 5.10 Å². The highest BCUT2D eigenvalue weighted by Crippen LogP contribution is 2.32. The first-order valence-corrected chi connectivity index (χ1v) is 6.79. The third-order valence-electron chi connectivity index (χ3n) is 3.55. The summed E-state index contributed by atoms with van der Waals surface area (Å²) in [4.78, 5) is 0. The molecule has 1 fully saturated rings. The van der Waals surface area contributed by atoms with Crippen molar-refractivity contribution in [1.82, 2.24) is 20.3 Å². The summed E-state index contributed by atoms with van der Waals surface area (Å²) in [5, 5.41) is 11.6. The zero-order chi connectivity index (χ0) is 12.6. The van der Waals surface area contributed by atoms with Gasteiger partial charge in [0, 0.05) is 42.6 Å². The third kappa shape index (κ3) is 2.08. The Morgan fingerprint density at radius 3 is 2.56 bits per heavy atom. The van der Waals surface area contributed by atoms with E-state index in [-0.39, 0.29) is 5.41 Å². The van der Waals surface area contributed by atoms with Gasteiger partial charge >= 0.3 is 0 Å². The number of nitrogens with one attached hydrogen (secondary N) is 1. The first-order valence-electron chi connectivity index (χ1n) is 6.00. The number of hydrogen-bond donors (Lipinski definition) is 1. The van der Waals surface area contributed by atoms with Gasteiger partial charge in [0.25, 0.3) is 0 Å². The molecular formula is C13H15BrN4. The maximum Gasteiger partial charge on any atom is 0.0836 e. The molecule has 1 aromatic carbocycles. The highest BCUT2D eigenvalue weighted by Gasteiger charge is 2.39. The number of hydrogen-bond acceptors (Lipinski definition) is 3. The molecule has 2 aromatic rings. The molecule has 0 amide bonds. The van der Waals surface area contributed by atoms with Crippen LogP contribution in [0.25, 0.3) is 0 Å². The molecule has 0 bridgehead atoms. The minimum Gasteiger partial charge on any atom is -0.315 e. The van der Waals surface area contributed by atoms with Crippen molar-refractivity contribution in [3.05, 3.63) is 46.2 Å². The Morgan fingerprint density at radius 1 is 1.33 bits per heavy atom. The Hall–Kier alpha value is -1.20. The summed E-state index contributed by atoms with van der Waals surface area (Å²) in [5.74, 6) is 0. The molecule has 5 heteroatoms. The number of nitrogens with zero attached hydrogens (tertiary/aromatic N) is 3. The van der Waals surface area contributed by atoms with Gasteiger partial charge in [-0.1, -0.05) is 33.3 Å². The van der Waals surface area contributed by atoms with Crippen LogP contribution in [0.15, 0.2) is 34.9 Å². The molecule has 0 saturated carbocycles. The van der Waals surface area contributed by atoms with Crippen LogP contribution in [0.1, 0.15) is 11.3 Å². The Balaban J connectivity index is 1.88. The van der Waals surface area contributed by atoms with Gasteiger partial charge in [0.05, 0.1) is 5.69 Å². The van der Waals surface area contributed by atoms with E-state index in [4.69, 9.17) is 0 Å². The van der Waals surface area contributed by atoms with Crippen molar-refractivity contribution >= 4 is 15.9 Å². The summed E-state index contributed by atoms with van der Waals surface area (Å²) in [6, 6.07) is 8.60. The molecule has 1 aromatic heterocycles. The number of aromatic nitrogens is 3. The molecule has 1 saturated heterocycles. The lowest BCUT2D eigenvalue weighted by Crippen LogP contribution is -2.58. The summed E-state index contributed by atoms with van der Waals surface area (Å²) in [6.07, 6.45) is 2.94. The molecule has 0 unspecified atom stereocenters. The van der Waals surface area contributed by atoms with Crippen molar-refractivity contribution < 1.29 is 0 Å².